The lowest BCUT2D eigenvalue weighted by Crippen LogP contribution is -2.30. The highest BCUT2D eigenvalue weighted by Crippen LogP contribution is 2.22. The van der Waals surface area contributed by atoms with E-state index >= 15 is 0 Å². The molecule has 0 saturated carbocycles. The second-order valence-corrected chi connectivity index (χ2v) is 3.09. The summed E-state index contributed by atoms with van der Waals surface area (Å²) in [6.45, 7) is 0. The fraction of sp³-hybridized carbons (Fsp3) is 0. The van der Waals surface area contributed by atoms with Crippen LogP contribution < -0.4 is 5.46 Å². The fourth-order valence-corrected chi connectivity index (χ4v) is 1.53. The number of hydrogen-bond donors (Lipinski definition) is 3. The zero-order chi connectivity index (χ0) is 10.1. The summed E-state index contributed by atoms with van der Waals surface area (Å²) in [5, 5.41) is 29.0. The molecule has 14 heavy (non-hydrogen) atoms. The molecule has 0 aliphatic carbocycles. The highest BCUT2D eigenvalue weighted by atomic mass is 16.4. The van der Waals surface area contributed by atoms with E-state index in [-0.39, 0.29) is 5.75 Å². The number of phenolic OH excluding ortho intramolecular Hbond substituents is 1. The van der Waals surface area contributed by atoms with Crippen molar-refractivity contribution in [1.29, 1.82) is 0 Å². The van der Waals surface area contributed by atoms with Gasteiger partial charge in [-0.1, -0.05) is 30.3 Å². The van der Waals surface area contributed by atoms with E-state index in [1.54, 1.807) is 24.3 Å². The standard InChI is InChI=1S/C10H9BO3/c12-10-6-5-9(11(13)14)7-3-1-2-4-8(7)10/h1-6,12-14H. The van der Waals surface area contributed by atoms with Crippen LogP contribution in [0.5, 0.6) is 5.75 Å². The zero-order valence-corrected chi connectivity index (χ0v) is 7.38. The normalized spacial score (nSPS) is 10.4. The van der Waals surface area contributed by atoms with Crippen molar-refractivity contribution >= 4 is 23.4 Å². The Morgan fingerprint density at radius 1 is 0.857 bits per heavy atom. The molecule has 0 aliphatic rings. The van der Waals surface area contributed by atoms with Gasteiger partial charge < -0.3 is 15.2 Å². The van der Waals surface area contributed by atoms with Crippen molar-refractivity contribution in [2.75, 3.05) is 0 Å². The van der Waals surface area contributed by atoms with Crippen molar-refractivity contribution in [1.82, 2.24) is 0 Å². The maximum atomic E-state index is 9.51. The minimum absolute atomic E-state index is 0.144. The van der Waals surface area contributed by atoms with Gasteiger partial charge in [0.2, 0.25) is 0 Å². The van der Waals surface area contributed by atoms with Crippen LogP contribution in [-0.2, 0) is 0 Å². The molecule has 70 valence electrons. The topological polar surface area (TPSA) is 60.7 Å². The van der Waals surface area contributed by atoms with Gasteiger partial charge in [-0.3, -0.25) is 0 Å². The first-order valence-corrected chi connectivity index (χ1v) is 4.27. The Balaban J connectivity index is 2.82. The van der Waals surface area contributed by atoms with Crippen LogP contribution in [0.2, 0.25) is 0 Å². The molecule has 3 nitrogen and oxygen atoms in total. The predicted molar refractivity (Wildman–Crippen MR) is 55.4 cm³/mol. The highest BCUT2D eigenvalue weighted by molar-refractivity contribution is 6.62. The molecule has 0 bridgehead atoms. The summed E-state index contributed by atoms with van der Waals surface area (Å²) in [7, 11) is -1.51. The Bertz CT molecular complexity index is 468. The molecule has 0 radical (unpaired) electrons. The van der Waals surface area contributed by atoms with Gasteiger partial charge in [0.1, 0.15) is 5.75 Å². The quantitative estimate of drug-likeness (QED) is 0.561. The zero-order valence-electron chi connectivity index (χ0n) is 7.38. The lowest BCUT2D eigenvalue weighted by atomic mass is 9.77. The number of fused-ring (bicyclic) bond motifs is 1. The van der Waals surface area contributed by atoms with E-state index < -0.39 is 7.12 Å². The number of benzene rings is 2. The van der Waals surface area contributed by atoms with Crippen molar-refractivity contribution in [3.05, 3.63) is 36.4 Å². The van der Waals surface area contributed by atoms with E-state index in [9.17, 15) is 5.11 Å². The Labute approximate surface area is 81.4 Å². The summed E-state index contributed by atoms with van der Waals surface area (Å²) in [5.74, 6) is 0.144. The van der Waals surface area contributed by atoms with Crippen molar-refractivity contribution < 1.29 is 15.2 Å². The molecule has 0 amide bonds. The molecule has 0 fully saturated rings. The van der Waals surface area contributed by atoms with Crippen molar-refractivity contribution in [2.24, 2.45) is 0 Å². The first-order chi connectivity index (χ1) is 6.70. The molecular formula is C10H9BO3. The lowest BCUT2D eigenvalue weighted by molar-refractivity contribution is 0.426. The van der Waals surface area contributed by atoms with Crippen LogP contribution in [0.4, 0.5) is 0 Å². The first kappa shape index (κ1) is 9.06. The largest absolute Gasteiger partial charge is 0.507 e. The van der Waals surface area contributed by atoms with Crippen LogP contribution in [0.25, 0.3) is 10.8 Å². The Morgan fingerprint density at radius 3 is 2.14 bits per heavy atom. The molecule has 0 saturated heterocycles. The highest BCUT2D eigenvalue weighted by Gasteiger charge is 2.15. The van der Waals surface area contributed by atoms with Crippen molar-refractivity contribution in [3.8, 4) is 5.75 Å². The molecule has 2 aromatic carbocycles. The minimum Gasteiger partial charge on any atom is -0.507 e. The van der Waals surface area contributed by atoms with Gasteiger partial charge in [-0.2, -0.15) is 0 Å². The van der Waals surface area contributed by atoms with E-state index in [0.717, 1.165) is 0 Å². The van der Waals surface area contributed by atoms with Crippen molar-refractivity contribution in [2.45, 2.75) is 0 Å². The third kappa shape index (κ3) is 1.34. The summed E-state index contributed by atoms with van der Waals surface area (Å²) >= 11 is 0. The van der Waals surface area contributed by atoms with E-state index in [4.69, 9.17) is 10.0 Å². The summed E-state index contributed by atoms with van der Waals surface area (Å²) in [6.07, 6.45) is 0. The second-order valence-electron chi connectivity index (χ2n) is 3.09. The van der Waals surface area contributed by atoms with E-state index in [1.807, 2.05) is 0 Å². The predicted octanol–water partition coefficient (Wildman–Crippen LogP) is 0.225. The fourth-order valence-electron chi connectivity index (χ4n) is 1.53. The van der Waals surface area contributed by atoms with Gasteiger partial charge in [0, 0.05) is 5.39 Å². The van der Waals surface area contributed by atoms with E-state index in [0.29, 0.717) is 16.2 Å². The summed E-state index contributed by atoms with van der Waals surface area (Å²) in [5.41, 5.74) is 0.401. The monoisotopic (exact) mass is 188 g/mol. The van der Waals surface area contributed by atoms with Gasteiger partial charge in [-0.05, 0) is 16.9 Å². The van der Waals surface area contributed by atoms with E-state index in [2.05, 4.69) is 0 Å². The van der Waals surface area contributed by atoms with Crippen LogP contribution in [0.3, 0.4) is 0 Å². The molecule has 0 unspecified atom stereocenters. The van der Waals surface area contributed by atoms with Gasteiger partial charge in [0.25, 0.3) is 0 Å². The molecule has 2 rings (SSSR count). The van der Waals surface area contributed by atoms with E-state index in [1.165, 1.54) is 12.1 Å². The van der Waals surface area contributed by atoms with Crippen molar-refractivity contribution in [3.63, 3.8) is 0 Å². The number of phenols is 1. The molecule has 0 aromatic heterocycles. The maximum Gasteiger partial charge on any atom is 0.489 e. The van der Waals surface area contributed by atoms with Gasteiger partial charge in [-0.15, -0.1) is 0 Å². The van der Waals surface area contributed by atoms with Crippen LogP contribution in [-0.4, -0.2) is 22.3 Å². The van der Waals surface area contributed by atoms with Crippen LogP contribution >= 0.6 is 0 Å². The molecule has 2 aromatic rings. The maximum absolute atomic E-state index is 9.51. The number of rotatable bonds is 1. The summed E-state index contributed by atoms with van der Waals surface area (Å²) in [6, 6.07) is 10.0. The molecule has 4 heteroatoms. The Kier molecular flexibility index (Phi) is 2.15. The third-order valence-corrected chi connectivity index (χ3v) is 2.21. The first-order valence-electron chi connectivity index (χ1n) is 4.27. The molecule has 3 N–H and O–H groups in total. The minimum atomic E-state index is -1.51. The molecule has 0 atom stereocenters. The number of aromatic hydroxyl groups is 1. The lowest BCUT2D eigenvalue weighted by Gasteiger charge is -2.06. The Morgan fingerprint density at radius 2 is 1.50 bits per heavy atom. The molecule has 0 spiro atoms. The van der Waals surface area contributed by atoms with Gasteiger partial charge in [0.15, 0.2) is 0 Å². The average molecular weight is 188 g/mol. The average Bonchev–Trinajstić information content (AvgIpc) is 2.18. The second kappa shape index (κ2) is 3.33. The van der Waals surface area contributed by atoms with Gasteiger partial charge in [0.05, 0.1) is 0 Å². The third-order valence-electron chi connectivity index (χ3n) is 2.21. The van der Waals surface area contributed by atoms with Crippen LogP contribution in [0, 0.1) is 0 Å². The van der Waals surface area contributed by atoms with Gasteiger partial charge in [-0.25, -0.2) is 0 Å². The molecule has 0 heterocycles. The summed E-state index contributed by atoms with van der Waals surface area (Å²) < 4.78 is 0. The molecular weight excluding hydrogens is 179 g/mol. The molecule has 0 aliphatic heterocycles. The van der Waals surface area contributed by atoms with Crippen LogP contribution in [0.15, 0.2) is 36.4 Å². The smallest absolute Gasteiger partial charge is 0.489 e. The van der Waals surface area contributed by atoms with Crippen LogP contribution in [0.1, 0.15) is 0 Å². The SMILES string of the molecule is OB(O)c1ccc(O)c2ccccc12. The summed E-state index contributed by atoms with van der Waals surface area (Å²) in [4.78, 5) is 0. The number of hydrogen-bond acceptors (Lipinski definition) is 3. The van der Waals surface area contributed by atoms with Gasteiger partial charge >= 0.3 is 7.12 Å². The Hall–Kier alpha value is -1.52.